The Hall–Kier alpha value is -1.03. The van der Waals surface area contributed by atoms with Crippen molar-refractivity contribution in [2.24, 2.45) is 0 Å². The SMILES string of the molecule is CCN(CC)C(=O)CNc1cc(C)cc(Br)c1. The van der Waals surface area contributed by atoms with Crippen LogP contribution < -0.4 is 5.32 Å². The topological polar surface area (TPSA) is 32.3 Å². The first-order valence-corrected chi connectivity index (χ1v) is 6.65. The highest BCUT2D eigenvalue weighted by Gasteiger charge is 2.08. The molecule has 0 saturated carbocycles. The molecule has 1 N–H and O–H groups in total. The fourth-order valence-corrected chi connectivity index (χ4v) is 2.31. The van der Waals surface area contributed by atoms with Gasteiger partial charge in [-0.3, -0.25) is 4.79 Å². The van der Waals surface area contributed by atoms with Crippen molar-refractivity contribution in [2.75, 3.05) is 25.0 Å². The summed E-state index contributed by atoms with van der Waals surface area (Å²) in [5, 5.41) is 3.15. The molecule has 4 heteroatoms. The average Bonchev–Trinajstić information content (AvgIpc) is 2.27. The zero-order valence-electron chi connectivity index (χ0n) is 10.6. The van der Waals surface area contributed by atoms with Gasteiger partial charge in [0.25, 0.3) is 0 Å². The first-order valence-electron chi connectivity index (χ1n) is 5.85. The summed E-state index contributed by atoms with van der Waals surface area (Å²) in [6.45, 7) is 7.87. The molecule has 0 spiro atoms. The second kappa shape index (κ2) is 6.64. The van der Waals surface area contributed by atoms with E-state index in [1.54, 1.807) is 0 Å². The fourth-order valence-electron chi connectivity index (χ4n) is 1.70. The summed E-state index contributed by atoms with van der Waals surface area (Å²) in [6.07, 6.45) is 0. The number of carbonyl (C=O) groups excluding carboxylic acids is 1. The predicted octanol–water partition coefficient (Wildman–Crippen LogP) is 3.04. The molecule has 17 heavy (non-hydrogen) atoms. The molecule has 0 bridgehead atoms. The van der Waals surface area contributed by atoms with Crippen LogP contribution in [0.15, 0.2) is 22.7 Å². The Morgan fingerprint density at radius 1 is 1.29 bits per heavy atom. The van der Waals surface area contributed by atoms with E-state index >= 15 is 0 Å². The first-order chi connectivity index (χ1) is 8.06. The molecule has 3 nitrogen and oxygen atoms in total. The summed E-state index contributed by atoms with van der Waals surface area (Å²) >= 11 is 3.44. The maximum absolute atomic E-state index is 11.8. The summed E-state index contributed by atoms with van der Waals surface area (Å²) in [5.41, 5.74) is 2.13. The highest BCUT2D eigenvalue weighted by Crippen LogP contribution is 2.18. The van der Waals surface area contributed by atoms with Crippen LogP contribution in [0, 0.1) is 6.92 Å². The van der Waals surface area contributed by atoms with Gasteiger partial charge in [0.05, 0.1) is 6.54 Å². The van der Waals surface area contributed by atoms with Gasteiger partial charge in [-0.2, -0.15) is 0 Å². The molecule has 0 aliphatic carbocycles. The maximum Gasteiger partial charge on any atom is 0.241 e. The van der Waals surface area contributed by atoms with Crippen molar-refractivity contribution in [3.05, 3.63) is 28.2 Å². The Morgan fingerprint density at radius 3 is 2.47 bits per heavy atom. The zero-order chi connectivity index (χ0) is 12.8. The second-order valence-corrected chi connectivity index (χ2v) is 4.85. The molecule has 0 radical (unpaired) electrons. The molecule has 1 aromatic rings. The number of amides is 1. The van der Waals surface area contributed by atoms with Gasteiger partial charge in [0.1, 0.15) is 0 Å². The van der Waals surface area contributed by atoms with Crippen molar-refractivity contribution in [1.29, 1.82) is 0 Å². The molecule has 0 aromatic heterocycles. The van der Waals surface area contributed by atoms with Crippen LogP contribution in [0.1, 0.15) is 19.4 Å². The zero-order valence-corrected chi connectivity index (χ0v) is 12.2. The Bertz CT molecular complexity index is 369. The number of hydrogen-bond donors (Lipinski definition) is 1. The number of benzene rings is 1. The number of aryl methyl sites for hydroxylation is 1. The summed E-state index contributed by atoms with van der Waals surface area (Å²) in [4.78, 5) is 13.6. The molecule has 0 aliphatic rings. The molecule has 1 rings (SSSR count). The molecule has 1 amide bonds. The van der Waals surface area contributed by atoms with Gasteiger partial charge in [0.2, 0.25) is 5.91 Å². The van der Waals surface area contributed by atoms with E-state index in [4.69, 9.17) is 0 Å². The summed E-state index contributed by atoms with van der Waals surface area (Å²) in [5.74, 6) is 0.132. The minimum Gasteiger partial charge on any atom is -0.376 e. The van der Waals surface area contributed by atoms with Crippen LogP contribution in [0.3, 0.4) is 0 Å². The van der Waals surface area contributed by atoms with Gasteiger partial charge >= 0.3 is 0 Å². The van der Waals surface area contributed by atoms with Crippen molar-refractivity contribution in [2.45, 2.75) is 20.8 Å². The smallest absolute Gasteiger partial charge is 0.241 e. The third kappa shape index (κ3) is 4.38. The quantitative estimate of drug-likeness (QED) is 0.906. The Morgan fingerprint density at radius 2 is 1.94 bits per heavy atom. The first kappa shape index (κ1) is 14.0. The number of likely N-dealkylation sites (N-methyl/N-ethyl adjacent to an activating group) is 1. The van der Waals surface area contributed by atoms with Crippen molar-refractivity contribution < 1.29 is 4.79 Å². The van der Waals surface area contributed by atoms with Crippen LogP contribution in [-0.2, 0) is 4.79 Å². The van der Waals surface area contributed by atoms with Gasteiger partial charge in [0, 0.05) is 23.2 Å². The van der Waals surface area contributed by atoms with Gasteiger partial charge in [-0.1, -0.05) is 15.9 Å². The minimum absolute atomic E-state index is 0.132. The molecule has 0 unspecified atom stereocenters. The molecule has 94 valence electrons. The minimum atomic E-state index is 0.132. The van der Waals surface area contributed by atoms with Crippen LogP contribution in [-0.4, -0.2) is 30.4 Å². The molecule has 0 saturated heterocycles. The van der Waals surface area contributed by atoms with Gasteiger partial charge in [-0.25, -0.2) is 0 Å². The number of halogens is 1. The van der Waals surface area contributed by atoms with Crippen LogP contribution in [0.5, 0.6) is 0 Å². The lowest BCUT2D eigenvalue weighted by Crippen LogP contribution is -2.35. The van der Waals surface area contributed by atoms with E-state index in [0.717, 1.165) is 28.8 Å². The van der Waals surface area contributed by atoms with Gasteiger partial charge in [0.15, 0.2) is 0 Å². The lowest BCUT2D eigenvalue weighted by atomic mass is 10.2. The average molecular weight is 299 g/mol. The van der Waals surface area contributed by atoms with Crippen LogP contribution in [0.2, 0.25) is 0 Å². The van der Waals surface area contributed by atoms with Crippen molar-refractivity contribution >= 4 is 27.5 Å². The normalized spacial score (nSPS) is 10.1. The summed E-state index contributed by atoms with van der Waals surface area (Å²) in [7, 11) is 0. The van der Waals surface area contributed by atoms with Gasteiger partial charge in [-0.15, -0.1) is 0 Å². The number of anilines is 1. The molecular formula is C13H19BrN2O. The molecule has 0 aliphatic heterocycles. The molecule has 0 atom stereocenters. The van der Waals surface area contributed by atoms with E-state index in [2.05, 4.69) is 21.2 Å². The summed E-state index contributed by atoms with van der Waals surface area (Å²) < 4.78 is 1.02. The van der Waals surface area contributed by atoms with E-state index in [9.17, 15) is 4.79 Å². The monoisotopic (exact) mass is 298 g/mol. The van der Waals surface area contributed by atoms with Crippen molar-refractivity contribution in [3.8, 4) is 0 Å². The predicted molar refractivity (Wildman–Crippen MR) is 75.3 cm³/mol. The molecule has 0 heterocycles. The van der Waals surface area contributed by atoms with E-state index in [1.165, 1.54) is 0 Å². The van der Waals surface area contributed by atoms with E-state index in [-0.39, 0.29) is 5.91 Å². The fraction of sp³-hybridized carbons (Fsp3) is 0.462. The largest absolute Gasteiger partial charge is 0.376 e. The number of rotatable bonds is 5. The molecular weight excluding hydrogens is 280 g/mol. The van der Waals surface area contributed by atoms with E-state index < -0.39 is 0 Å². The lowest BCUT2D eigenvalue weighted by molar-refractivity contribution is -0.128. The maximum atomic E-state index is 11.8. The highest BCUT2D eigenvalue weighted by atomic mass is 79.9. The number of nitrogens with one attached hydrogen (secondary N) is 1. The third-order valence-corrected chi connectivity index (χ3v) is 3.06. The number of hydrogen-bond acceptors (Lipinski definition) is 2. The second-order valence-electron chi connectivity index (χ2n) is 3.94. The van der Waals surface area contributed by atoms with Crippen molar-refractivity contribution in [3.63, 3.8) is 0 Å². The highest BCUT2D eigenvalue weighted by molar-refractivity contribution is 9.10. The van der Waals surface area contributed by atoms with E-state index in [1.807, 2.05) is 43.9 Å². The van der Waals surface area contributed by atoms with E-state index in [0.29, 0.717) is 6.54 Å². The van der Waals surface area contributed by atoms with Crippen LogP contribution in [0.4, 0.5) is 5.69 Å². The van der Waals surface area contributed by atoms with Crippen LogP contribution >= 0.6 is 15.9 Å². The Balaban J connectivity index is 2.58. The lowest BCUT2D eigenvalue weighted by Gasteiger charge is -2.19. The molecule has 1 aromatic carbocycles. The van der Waals surface area contributed by atoms with Gasteiger partial charge in [-0.05, 0) is 44.5 Å². The van der Waals surface area contributed by atoms with Crippen molar-refractivity contribution in [1.82, 2.24) is 4.90 Å². The summed E-state index contributed by atoms with van der Waals surface area (Å²) in [6, 6.07) is 6.04. The third-order valence-electron chi connectivity index (χ3n) is 2.60. The Kier molecular flexibility index (Phi) is 5.48. The standard InChI is InChI=1S/C13H19BrN2O/c1-4-16(5-2)13(17)9-15-12-7-10(3)6-11(14)8-12/h6-8,15H,4-5,9H2,1-3H3. The van der Waals surface area contributed by atoms with Gasteiger partial charge < -0.3 is 10.2 Å². The molecule has 0 fully saturated rings. The Labute approximate surface area is 111 Å². The number of nitrogens with zero attached hydrogens (tertiary/aromatic N) is 1. The van der Waals surface area contributed by atoms with Crippen LogP contribution in [0.25, 0.3) is 0 Å². The number of carbonyl (C=O) groups is 1.